The van der Waals surface area contributed by atoms with Crippen molar-refractivity contribution in [2.75, 3.05) is 39.8 Å². The van der Waals surface area contributed by atoms with Crippen LogP contribution in [0.1, 0.15) is 33.5 Å². The summed E-state index contributed by atoms with van der Waals surface area (Å²) >= 11 is 0. The maximum atomic E-state index is 12.5. The molecule has 0 saturated carbocycles. The van der Waals surface area contributed by atoms with Crippen molar-refractivity contribution in [1.29, 1.82) is 0 Å². The number of Topliss-reactive ketones (excluding diaryl/α,β-unsaturated/α-hetero) is 1. The van der Waals surface area contributed by atoms with Gasteiger partial charge in [0.1, 0.15) is 0 Å². The Balaban J connectivity index is 2.06. The highest BCUT2D eigenvalue weighted by molar-refractivity contribution is 5.99. The van der Waals surface area contributed by atoms with Crippen molar-refractivity contribution in [1.82, 2.24) is 9.80 Å². The molecule has 1 aliphatic heterocycles. The number of likely N-dealkylation sites (N-methyl/N-ethyl adjacent to an activating group) is 1. The molecule has 3 nitrogen and oxygen atoms in total. The monoisotopic (exact) mass is 274 g/mol. The highest BCUT2D eigenvalue weighted by Crippen LogP contribution is 2.16. The fourth-order valence-corrected chi connectivity index (χ4v) is 2.81. The zero-order valence-electron chi connectivity index (χ0n) is 13.2. The van der Waals surface area contributed by atoms with E-state index >= 15 is 0 Å². The quantitative estimate of drug-likeness (QED) is 0.791. The third-order valence-corrected chi connectivity index (χ3v) is 4.32. The smallest absolute Gasteiger partial charge is 0.177 e. The van der Waals surface area contributed by atoms with Gasteiger partial charge in [-0.25, -0.2) is 0 Å². The Morgan fingerprint density at radius 3 is 2.45 bits per heavy atom. The minimum Gasteiger partial charge on any atom is -0.305 e. The first-order valence-corrected chi connectivity index (χ1v) is 7.49. The lowest BCUT2D eigenvalue weighted by Crippen LogP contribution is -2.33. The second-order valence-electron chi connectivity index (χ2n) is 6.11. The van der Waals surface area contributed by atoms with Gasteiger partial charge < -0.3 is 4.90 Å². The van der Waals surface area contributed by atoms with Crippen LogP contribution >= 0.6 is 0 Å². The topological polar surface area (TPSA) is 23.6 Å². The first kappa shape index (κ1) is 15.2. The molecule has 0 spiro atoms. The first-order valence-electron chi connectivity index (χ1n) is 7.49. The molecule has 110 valence electrons. The van der Waals surface area contributed by atoms with Gasteiger partial charge in [-0.3, -0.25) is 9.69 Å². The molecule has 0 unspecified atom stereocenters. The molecule has 3 heteroatoms. The molecule has 0 N–H and O–H groups in total. The van der Waals surface area contributed by atoms with Gasteiger partial charge in [0.15, 0.2) is 5.78 Å². The summed E-state index contributed by atoms with van der Waals surface area (Å²) < 4.78 is 0. The first-order chi connectivity index (χ1) is 9.47. The lowest BCUT2D eigenvalue weighted by Gasteiger charge is -2.20. The number of ketones is 1. The van der Waals surface area contributed by atoms with Gasteiger partial charge in [-0.05, 0) is 70.1 Å². The normalized spacial score (nSPS) is 18.0. The van der Waals surface area contributed by atoms with Gasteiger partial charge >= 0.3 is 0 Å². The molecule has 1 aromatic carbocycles. The van der Waals surface area contributed by atoms with Crippen LogP contribution in [-0.4, -0.2) is 55.4 Å². The average Bonchev–Trinajstić information content (AvgIpc) is 2.59. The number of hydrogen-bond donors (Lipinski definition) is 0. The van der Waals surface area contributed by atoms with Gasteiger partial charge in [-0.2, -0.15) is 0 Å². The van der Waals surface area contributed by atoms with Gasteiger partial charge in [-0.15, -0.1) is 0 Å². The molecule has 0 radical (unpaired) electrons. The molecule has 20 heavy (non-hydrogen) atoms. The molecular formula is C17H26N2O. The third kappa shape index (κ3) is 3.68. The van der Waals surface area contributed by atoms with Crippen LogP contribution in [-0.2, 0) is 0 Å². The molecule has 0 amide bonds. The van der Waals surface area contributed by atoms with Crippen LogP contribution in [0.25, 0.3) is 0 Å². The van der Waals surface area contributed by atoms with Crippen molar-refractivity contribution in [3.8, 4) is 0 Å². The Labute approximate surface area is 122 Å². The van der Waals surface area contributed by atoms with E-state index in [1.54, 1.807) is 0 Å². The van der Waals surface area contributed by atoms with Crippen LogP contribution < -0.4 is 0 Å². The minimum absolute atomic E-state index is 0.259. The maximum absolute atomic E-state index is 12.5. The molecule has 0 aromatic heterocycles. The summed E-state index contributed by atoms with van der Waals surface area (Å²) in [5.41, 5.74) is 4.46. The predicted molar refractivity (Wildman–Crippen MR) is 83.5 cm³/mol. The van der Waals surface area contributed by atoms with Gasteiger partial charge in [0.2, 0.25) is 0 Å². The summed E-state index contributed by atoms with van der Waals surface area (Å²) in [6, 6.07) is 4.18. The number of rotatable bonds is 3. The predicted octanol–water partition coefficient (Wildman–Crippen LogP) is 2.43. The van der Waals surface area contributed by atoms with Crippen molar-refractivity contribution < 1.29 is 4.79 Å². The standard InChI is InChI=1S/C17H26N2O/c1-13-10-15(3)16(11-14(13)2)17(20)12-19-7-5-6-18(4)8-9-19/h10-11H,5-9,12H2,1-4H3. The molecule has 1 heterocycles. The largest absolute Gasteiger partial charge is 0.305 e. The molecular weight excluding hydrogens is 248 g/mol. The fraction of sp³-hybridized carbons (Fsp3) is 0.588. The highest BCUT2D eigenvalue weighted by atomic mass is 16.1. The van der Waals surface area contributed by atoms with Gasteiger partial charge in [0, 0.05) is 18.7 Å². The Morgan fingerprint density at radius 2 is 1.70 bits per heavy atom. The van der Waals surface area contributed by atoms with E-state index < -0.39 is 0 Å². The summed E-state index contributed by atoms with van der Waals surface area (Å²) in [5, 5.41) is 0. The van der Waals surface area contributed by atoms with E-state index in [1.807, 2.05) is 6.92 Å². The second kappa shape index (κ2) is 6.51. The Bertz CT molecular complexity index is 496. The van der Waals surface area contributed by atoms with E-state index in [0.717, 1.165) is 43.7 Å². The summed E-state index contributed by atoms with van der Waals surface area (Å²) in [6.45, 7) is 11.0. The Hall–Kier alpha value is -1.19. The van der Waals surface area contributed by atoms with Crippen LogP contribution in [0, 0.1) is 20.8 Å². The van der Waals surface area contributed by atoms with E-state index in [2.05, 4.69) is 42.8 Å². The molecule has 0 bridgehead atoms. The van der Waals surface area contributed by atoms with E-state index in [0.29, 0.717) is 6.54 Å². The van der Waals surface area contributed by atoms with Crippen LogP contribution in [0.4, 0.5) is 0 Å². The highest BCUT2D eigenvalue weighted by Gasteiger charge is 2.17. The summed E-state index contributed by atoms with van der Waals surface area (Å²) in [5.74, 6) is 0.259. The van der Waals surface area contributed by atoms with Crippen LogP contribution in [0.5, 0.6) is 0 Å². The van der Waals surface area contributed by atoms with Crippen LogP contribution in [0.15, 0.2) is 12.1 Å². The fourth-order valence-electron chi connectivity index (χ4n) is 2.81. The van der Waals surface area contributed by atoms with E-state index in [4.69, 9.17) is 0 Å². The lowest BCUT2D eigenvalue weighted by atomic mass is 9.98. The second-order valence-corrected chi connectivity index (χ2v) is 6.11. The van der Waals surface area contributed by atoms with Crippen molar-refractivity contribution in [2.45, 2.75) is 27.2 Å². The summed E-state index contributed by atoms with van der Waals surface area (Å²) in [7, 11) is 2.15. The third-order valence-electron chi connectivity index (χ3n) is 4.32. The van der Waals surface area contributed by atoms with Crippen molar-refractivity contribution >= 4 is 5.78 Å². The molecule has 1 fully saturated rings. The maximum Gasteiger partial charge on any atom is 0.177 e. The van der Waals surface area contributed by atoms with Gasteiger partial charge in [-0.1, -0.05) is 6.07 Å². The van der Waals surface area contributed by atoms with E-state index in [9.17, 15) is 4.79 Å². The number of carbonyl (C=O) groups is 1. The molecule has 1 aromatic rings. The number of benzene rings is 1. The number of carbonyl (C=O) groups excluding carboxylic acids is 1. The Morgan fingerprint density at radius 1 is 1.00 bits per heavy atom. The van der Waals surface area contributed by atoms with E-state index in [-0.39, 0.29) is 5.78 Å². The molecule has 1 aliphatic rings. The zero-order chi connectivity index (χ0) is 14.7. The van der Waals surface area contributed by atoms with Gasteiger partial charge in [0.25, 0.3) is 0 Å². The number of aryl methyl sites for hydroxylation is 3. The zero-order valence-corrected chi connectivity index (χ0v) is 13.2. The minimum atomic E-state index is 0.259. The van der Waals surface area contributed by atoms with E-state index in [1.165, 1.54) is 11.1 Å². The van der Waals surface area contributed by atoms with Crippen molar-refractivity contribution in [2.24, 2.45) is 0 Å². The molecule has 1 saturated heterocycles. The summed E-state index contributed by atoms with van der Waals surface area (Å²) in [4.78, 5) is 17.2. The number of nitrogens with zero attached hydrogens (tertiary/aromatic N) is 2. The van der Waals surface area contributed by atoms with Gasteiger partial charge in [0.05, 0.1) is 6.54 Å². The number of hydrogen-bond acceptors (Lipinski definition) is 3. The molecule has 0 atom stereocenters. The Kier molecular flexibility index (Phi) is 4.95. The SMILES string of the molecule is Cc1cc(C)c(C(=O)CN2CCCN(C)CC2)cc1C. The average molecular weight is 274 g/mol. The molecule has 2 rings (SSSR count). The van der Waals surface area contributed by atoms with Crippen LogP contribution in [0.2, 0.25) is 0 Å². The van der Waals surface area contributed by atoms with Crippen LogP contribution in [0.3, 0.4) is 0 Å². The van der Waals surface area contributed by atoms with Crippen molar-refractivity contribution in [3.63, 3.8) is 0 Å². The summed E-state index contributed by atoms with van der Waals surface area (Å²) in [6.07, 6.45) is 1.15. The van der Waals surface area contributed by atoms with Crippen molar-refractivity contribution in [3.05, 3.63) is 34.4 Å². The molecule has 0 aliphatic carbocycles. The lowest BCUT2D eigenvalue weighted by molar-refractivity contribution is 0.0932.